The molecule has 0 aliphatic rings. The van der Waals surface area contributed by atoms with E-state index in [2.05, 4.69) is 0 Å². The average Bonchev–Trinajstić information content (AvgIpc) is 2.46. The Morgan fingerprint density at radius 2 is 0.913 bits per heavy atom. The number of halogens is 2. The Bertz CT molecular complexity index is 840. The quantitative estimate of drug-likeness (QED) is 0.607. The van der Waals surface area contributed by atoms with Crippen molar-refractivity contribution in [2.24, 2.45) is 0 Å². The lowest BCUT2D eigenvalue weighted by molar-refractivity contribution is 0.481. The largest absolute Gasteiger partial charge is 0.294 e. The maximum absolute atomic E-state index is 11.0. The summed E-state index contributed by atoms with van der Waals surface area (Å²) in [5.41, 5.74) is 0.626. The third-order valence-electron chi connectivity index (χ3n) is 3.03. The second-order valence-corrected chi connectivity index (χ2v) is 8.74. The van der Waals surface area contributed by atoms with Crippen molar-refractivity contribution in [2.75, 3.05) is 0 Å². The maximum atomic E-state index is 11.0. The molecule has 0 spiro atoms. The van der Waals surface area contributed by atoms with Gasteiger partial charge in [0.2, 0.25) is 0 Å². The molecular weight excluding hydrogens is 387 g/mol. The third kappa shape index (κ3) is 4.03. The highest BCUT2D eigenvalue weighted by Gasteiger charge is 2.29. The van der Waals surface area contributed by atoms with E-state index in [9.17, 15) is 16.8 Å². The van der Waals surface area contributed by atoms with Crippen molar-refractivity contribution in [2.45, 2.75) is 14.1 Å². The van der Waals surface area contributed by atoms with Crippen LogP contribution in [-0.4, -0.2) is 25.9 Å². The average molecular weight is 397 g/mol. The molecule has 0 heterocycles. The summed E-state index contributed by atoms with van der Waals surface area (Å²) >= 11 is 12.5. The van der Waals surface area contributed by atoms with Gasteiger partial charge >= 0.3 is 0 Å². The first-order chi connectivity index (χ1) is 10.4. The smallest absolute Gasteiger partial charge is 0.282 e. The fraction of sp³-hybridized carbons (Fsp3) is 0.0769. The second kappa shape index (κ2) is 6.04. The Balaban J connectivity index is 2.42. The molecule has 10 heteroatoms. The minimum absolute atomic E-state index is 0.313. The molecule has 0 saturated carbocycles. The standard InChI is InChI=1S/C13H10Cl2O6S2/c14-13(15,9-1-5-11(6-2-9)22(16,17)18)10-3-7-12(8-4-10)23(19,20)21/h1-8H,(H,16,17,18)(H,19,20,21). The summed E-state index contributed by atoms with van der Waals surface area (Å²) in [6.07, 6.45) is 0. The first kappa shape index (κ1) is 18.2. The maximum Gasteiger partial charge on any atom is 0.294 e. The van der Waals surface area contributed by atoms with Gasteiger partial charge in [-0.15, -0.1) is 0 Å². The van der Waals surface area contributed by atoms with Crippen LogP contribution in [0.15, 0.2) is 58.3 Å². The Labute approximate surface area is 143 Å². The van der Waals surface area contributed by atoms with Gasteiger partial charge in [-0.2, -0.15) is 16.8 Å². The van der Waals surface area contributed by atoms with Crippen LogP contribution in [0.2, 0.25) is 0 Å². The Morgan fingerprint density at radius 3 is 1.13 bits per heavy atom. The highest BCUT2D eigenvalue weighted by molar-refractivity contribution is 7.86. The van der Waals surface area contributed by atoms with Crippen LogP contribution in [0.5, 0.6) is 0 Å². The van der Waals surface area contributed by atoms with Gasteiger partial charge in [-0.3, -0.25) is 9.11 Å². The zero-order valence-electron chi connectivity index (χ0n) is 11.2. The Morgan fingerprint density at radius 1 is 0.652 bits per heavy atom. The van der Waals surface area contributed by atoms with E-state index in [-0.39, 0.29) is 9.79 Å². The normalized spacial score (nSPS) is 13.0. The van der Waals surface area contributed by atoms with Crippen LogP contribution in [0.4, 0.5) is 0 Å². The lowest BCUT2D eigenvalue weighted by Gasteiger charge is -2.21. The topological polar surface area (TPSA) is 109 Å². The summed E-state index contributed by atoms with van der Waals surface area (Å²) in [6, 6.07) is 9.82. The molecule has 0 saturated heterocycles. The summed E-state index contributed by atoms with van der Waals surface area (Å²) in [5, 5.41) is 0. The zero-order valence-corrected chi connectivity index (χ0v) is 14.4. The molecule has 0 amide bonds. The summed E-state index contributed by atoms with van der Waals surface area (Å²) in [4.78, 5) is -0.626. The van der Waals surface area contributed by atoms with Crippen LogP contribution < -0.4 is 0 Å². The van der Waals surface area contributed by atoms with Gasteiger partial charge in [0.15, 0.2) is 4.33 Å². The van der Waals surface area contributed by atoms with Gasteiger partial charge in [-0.05, 0) is 35.4 Å². The van der Waals surface area contributed by atoms with Crippen LogP contribution >= 0.6 is 23.2 Å². The number of alkyl halides is 2. The van der Waals surface area contributed by atoms with Crippen LogP contribution in [0.3, 0.4) is 0 Å². The monoisotopic (exact) mass is 396 g/mol. The Kier molecular flexibility index (Phi) is 4.78. The summed E-state index contributed by atoms with van der Waals surface area (Å²) in [7, 11) is -8.66. The van der Waals surface area contributed by atoms with E-state index in [1.165, 1.54) is 24.3 Å². The summed E-state index contributed by atoms with van der Waals surface area (Å²) in [5.74, 6) is 0. The van der Waals surface area contributed by atoms with Crippen molar-refractivity contribution >= 4 is 43.4 Å². The van der Waals surface area contributed by atoms with Crippen molar-refractivity contribution in [1.82, 2.24) is 0 Å². The molecule has 2 N–H and O–H groups in total. The second-order valence-electron chi connectivity index (χ2n) is 4.57. The van der Waals surface area contributed by atoms with Crippen molar-refractivity contribution in [3.05, 3.63) is 59.7 Å². The lowest BCUT2D eigenvalue weighted by Crippen LogP contribution is -2.13. The van der Waals surface area contributed by atoms with Crippen molar-refractivity contribution < 1.29 is 25.9 Å². The third-order valence-corrected chi connectivity index (χ3v) is 5.64. The predicted molar refractivity (Wildman–Crippen MR) is 85.0 cm³/mol. The molecule has 2 rings (SSSR count). The Hall–Kier alpha value is -1.16. The van der Waals surface area contributed by atoms with Gasteiger partial charge in [0, 0.05) is 0 Å². The number of benzene rings is 2. The highest BCUT2D eigenvalue weighted by Crippen LogP contribution is 2.41. The predicted octanol–water partition coefficient (Wildman–Crippen LogP) is 2.86. The molecule has 0 fully saturated rings. The number of rotatable bonds is 4. The van der Waals surface area contributed by atoms with E-state index in [4.69, 9.17) is 32.3 Å². The molecule has 2 aromatic rings. The zero-order chi connectivity index (χ0) is 17.5. The summed E-state index contributed by atoms with van der Waals surface area (Å²) in [6.45, 7) is 0. The van der Waals surface area contributed by atoms with Gasteiger partial charge in [-0.1, -0.05) is 47.5 Å². The molecule has 0 radical (unpaired) electrons. The van der Waals surface area contributed by atoms with Crippen molar-refractivity contribution in [3.8, 4) is 0 Å². The molecule has 0 atom stereocenters. The minimum Gasteiger partial charge on any atom is -0.282 e. The van der Waals surface area contributed by atoms with Crippen molar-refractivity contribution in [3.63, 3.8) is 0 Å². The van der Waals surface area contributed by atoms with E-state index in [0.717, 1.165) is 24.3 Å². The molecule has 0 aliphatic heterocycles. The highest BCUT2D eigenvalue weighted by atomic mass is 35.5. The van der Waals surface area contributed by atoms with Gasteiger partial charge in [0.25, 0.3) is 20.2 Å². The van der Waals surface area contributed by atoms with Gasteiger partial charge < -0.3 is 0 Å². The number of hydrogen-bond acceptors (Lipinski definition) is 4. The fourth-order valence-electron chi connectivity index (χ4n) is 1.84. The molecule has 0 bridgehead atoms. The summed E-state index contributed by atoms with van der Waals surface area (Å²) < 4.78 is 60.3. The van der Waals surface area contributed by atoms with Crippen LogP contribution in [0.1, 0.15) is 11.1 Å². The lowest BCUT2D eigenvalue weighted by atomic mass is 10.0. The SMILES string of the molecule is O=S(=O)(O)c1ccc(C(Cl)(Cl)c2ccc(S(=O)(=O)O)cc2)cc1. The van der Waals surface area contributed by atoms with Crippen LogP contribution in [0, 0.1) is 0 Å². The van der Waals surface area contributed by atoms with Crippen LogP contribution in [-0.2, 0) is 24.6 Å². The molecule has 0 aliphatic carbocycles. The molecule has 0 aromatic heterocycles. The molecule has 6 nitrogen and oxygen atoms in total. The molecule has 0 unspecified atom stereocenters. The molecule has 23 heavy (non-hydrogen) atoms. The van der Waals surface area contributed by atoms with Gasteiger partial charge in [0.1, 0.15) is 0 Å². The first-order valence-corrected chi connectivity index (χ1v) is 9.60. The van der Waals surface area contributed by atoms with E-state index in [1.54, 1.807) is 0 Å². The minimum atomic E-state index is -4.33. The first-order valence-electron chi connectivity index (χ1n) is 5.96. The van der Waals surface area contributed by atoms with E-state index < -0.39 is 24.6 Å². The van der Waals surface area contributed by atoms with Gasteiger partial charge in [-0.25, -0.2) is 0 Å². The molecule has 2 aromatic carbocycles. The van der Waals surface area contributed by atoms with E-state index >= 15 is 0 Å². The van der Waals surface area contributed by atoms with Crippen LogP contribution in [0.25, 0.3) is 0 Å². The number of hydrogen-bond donors (Lipinski definition) is 2. The van der Waals surface area contributed by atoms with Crippen molar-refractivity contribution in [1.29, 1.82) is 0 Å². The molecular formula is C13H10Cl2O6S2. The fourth-order valence-corrected chi connectivity index (χ4v) is 3.30. The van der Waals surface area contributed by atoms with E-state index in [0.29, 0.717) is 11.1 Å². The van der Waals surface area contributed by atoms with E-state index in [1.807, 2.05) is 0 Å². The van der Waals surface area contributed by atoms with Gasteiger partial charge in [0.05, 0.1) is 9.79 Å². The molecule has 124 valence electrons.